The van der Waals surface area contributed by atoms with Crippen molar-refractivity contribution in [1.82, 2.24) is 20.0 Å². The predicted molar refractivity (Wildman–Crippen MR) is 95.6 cm³/mol. The first-order valence-corrected chi connectivity index (χ1v) is 9.21. The smallest absolute Gasteiger partial charge is 0.193 e. The van der Waals surface area contributed by atoms with E-state index in [2.05, 4.69) is 59.0 Å². The molecule has 1 atom stereocenters. The number of aryl methyl sites for hydroxylation is 2. The highest BCUT2D eigenvalue weighted by Gasteiger charge is 2.24. The molecule has 0 bridgehead atoms. The quantitative estimate of drug-likeness (QED) is 0.513. The number of aliphatic imine (C=N–C) groups is 1. The first-order chi connectivity index (χ1) is 10.6. The van der Waals surface area contributed by atoms with E-state index in [-0.39, 0.29) is 0 Å². The maximum Gasteiger partial charge on any atom is 0.193 e. The van der Waals surface area contributed by atoms with Crippen molar-refractivity contribution in [3.05, 3.63) is 18.0 Å². The van der Waals surface area contributed by atoms with Gasteiger partial charge in [-0.05, 0) is 24.8 Å². The Bertz CT molecular complexity index is 483. The lowest BCUT2D eigenvalue weighted by atomic mass is 10.1. The Hall–Kier alpha value is -1.17. The number of aromatic nitrogens is 2. The lowest BCUT2D eigenvalue weighted by molar-refractivity contribution is 0.380. The molecule has 6 heteroatoms. The molecule has 0 aliphatic carbocycles. The minimum atomic E-state index is 0.708. The largest absolute Gasteiger partial charge is 0.356 e. The fourth-order valence-corrected chi connectivity index (χ4v) is 3.93. The van der Waals surface area contributed by atoms with Gasteiger partial charge in [-0.25, -0.2) is 0 Å². The SMILES string of the molecule is CN=C(NCCCn1cc(C)cn1)N1CCSC(C(C)C)C1. The van der Waals surface area contributed by atoms with E-state index in [1.54, 1.807) is 0 Å². The third-order valence-corrected chi connectivity index (χ3v) is 5.50. The summed E-state index contributed by atoms with van der Waals surface area (Å²) in [6, 6.07) is 0. The van der Waals surface area contributed by atoms with Gasteiger partial charge in [-0.15, -0.1) is 0 Å². The molecule has 0 amide bonds. The van der Waals surface area contributed by atoms with Crippen LogP contribution in [0, 0.1) is 12.8 Å². The number of hydrogen-bond donors (Lipinski definition) is 1. The lowest BCUT2D eigenvalue weighted by Gasteiger charge is -2.36. The summed E-state index contributed by atoms with van der Waals surface area (Å²) >= 11 is 2.09. The average Bonchev–Trinajstić information content (AvgIpc) is 2.93. The molecule has 1 saturated heterocycles. The Kier molecular flexibility index (Phi) is 6.61. The zero-order valence-corrected chi connectivity index (χ0v) is 15.1. The molecule has 0 saturated carbocycles. The third kappa shape index (κ3) is 4.93. The summed E-state index contributed by atoms with van der Waals surface area (Å²) in [7, 11) is 1.88. The second kappa shape index (κ2) is 8.46. The van der Waals surface area contributed by atoms with E-state index < -0.39 is 0 Å². The van der Waals surface area contributed by atoms with Crippen molar-refractivity contribution in [2.45, 2.75) is 39.0 Å². The molecule has 22 heavy (non-hydrogen) atoms. The van der Waals surface area contributed by atoms with Crippen molar-refractivity contribution in [2.75, 3.05) is 32.4 Å². The van der Waals surface area contributed by atoms with E-state index in [9.17, 15) is 0 Å². The number of rotatable bonds is 5. The molecule has 5 nitrogen and oxygen atoms in total. The molecule has 1 aliphatic rings. The number of nitrogens with one attached hydrogen (secondary N) is 1. The van der Waals surface area contributed by atoms with Crippen LogP contribution < -0.4 is 5.32 Å². The summed E-state index contributed by atoms with van der Waals surface area (Å²) in [4.78, 5) is 6.86. The summed E-state index contributed by atoms with van der Waals surface area (Å²) in [5.74, 6) is 2.95. The molecule has 1 aliphatic heterocycles. The van der Waals surface area contributed by atoms with Crippen molar-refractivity contribution < 1.29 is 0 Å². The van der Waals surface area contributed by atoms with Crippen LogP contribution in [-0.4, -0.2) is 58.3 Å². The average molecular weight is 324 g/mol. The van der Waals surface area contributed by atoms with Crippen LogP contribution in [0.3, 0.4) is 0 Å². The van der Waals surface area contributed by atoms with Crippen LogP contribution in [0.15, 0.2) is 17.4 Å². The number of hydrogen-bond acceptors (Lipinski definition) is 3. The van der Waals surface area contributed by atoms with Crippen LogP contribution in [0.25, 0.3) is 0 Å². The molecule has 1 unspecified atom stereocenters. The van der Waals surface area contributed by atoms with E-state index in [1.807, 2.05) is 17.9 Å². The van der Waals surface area contributed by atoms with Gasteiger partial charge in [0.25, 0.3) is 0 Å². The van der Waals surface area contributed by atoms with Gasteiger partial charge in [0.1, 0.15) is 0 Å². The Balaban J connectivity index is 1.75. The van der Waals surface area contributed by atoms with Crippen molar-refractivity contribution >= 4 is 17.7 Å². The first kappa shape index (κ1) is 17.2. The molecule has 1 fully saturated rings. The number of nitrogens with zero attached hydrogens (tertiary/aromatic N) is 4. The molecular formula is C16H29N5S. The van der Waals surface area contributed by atoms with E-state index in [0.717, 1.165) is 38.6 Å². The minimum Gasteiger partial charge on any atom is -0.356 e. The van der Waals surface area contributed by atoms with E-state index in [0.29, 0.717) is 11.2 Å². The normalized spacial score (nSPS) is 19.8. The molecule has 1 aromatic rings. The second-order valence-electron chi connectivity index (χ2n) is 6.21. The Morgan fingerprint density at radius 3 is 3.00 bits per heavy atom. The molecule has 0 aromatic carbocycles. The van der Waals surface area contributed by atoms with Gasteiger partial charge in [0.05, 0.1) is 6.20 Å². The number of thioether (sulfide) groups is 1. The molecule has 1 aromatic heterocycles. The van der Waals surface area contributed by atoms with Gasteiger partial charge in [0.2, 0.25) is 0 Å². The van der Waals surface area contributed by atoms with Crippen LogP contribution >= 0.6 is 11.8 Å². The zero-order valence-electron chi connectivity index (χ0n) is 14.2. The molecule has 0 radical (unpaired) electrons. The zero-order chi connectivity index (χ0) is 15.9. The third-order valence-electron chi connectivity index (χ3n) is 3.96. The van der Waals surface area contributed by atoms with Gasteiger partial charge in [0.15, 0.2) is 5.96 Å². The lowest BCUT2D eigenvalue weighted by Crippen LogP contribution is -2.49. The van der Waals surface area contributed by atoms with Crippen molar-refractivity contribution in [3.8, 4) is 0 Å². The van der Waals surface area contributed by atoms with Crippen molar-refractivity contribution in [2.24, 2.45) is 10.9 Å². The van der Waals surface area contributed by atoms with Gasteiger partial charge in [-0.3, -0.25) is 9.67 Å². The Labute approximate surface area is 138 Å². The topological polar surface area (TPSA) is 45.5 Å². The maximum absolute atomic E-state index is 4.45. The summed E-state index contributed by atoms with van der Waals surface area (Å²) in [5.41, 5.74) is 1.22. The van der Waals surface area contributed by atoms with Gasteiger partial charge >= 0.3 is 0 Å². The van der Waals surface area contributed by atoms with E-state index in [4.69, 9.17) is 0 Å². The van der Waals surface area contributed by atoms with Crippen LogP contribution in [0.2, 0.25) is 0 Å². The van der Waals surface area contributed by atoms with Crippen LogP contribution in [0.4, 0.5) is 0 Å². The maximum atomic E-state index is 4.45. The monoisotopic (exact) mass is 323 g/mol. The highest BCUT2D eigenvalue weighted by molar-refractivity contribution is 8.00. The van der Waals surface area contributed by atoms with E-state index in [1.165, 1.54) is 11.3 Å². The Morgan fingerprint density at radius 1 is 1.55 bits per heavy atom. The molecule has 0 spiro atoms. The first-order valence-electron chi connectivity index (χ1n) is 8.16. The highest BCUT2D eigenvalue weighted by Crippen LogP contribution is 2.24. The second-order valence-corrected chi connectivity index (χ2v) is 7.55. The molecule has 2 heterocycles. The van der Waals surface area contributed by atoms with Gasteiger partial charge in [0, 0.05) is 50.4 Å². The summed E-state index contributed by atoms with van der Waals surface area (Å²) in [5, 5.41) is 8.53. The fourth-order valence-electron chi connectivity index (χ4n) is 2.63. The summed E-state index contributed by atoms with van der Waals surface area (Å²) in [6.45, 7) is 10.8. The van der Waals surface area contributed by atoms with Crippen LogP contribution in [0.5, 0.6) is 0 Å². The molecule has 124 valence electrons. The molecular weight excluding hydrogens is 294 g/mol. The van der Waals surface area contributed by atoms with Gasteiger partial charge < -0.3 is 10.2 Å². The standard InChI is InChI=1S/C16H29N5S/c1-13(2)15-12-20(8-9-22-15)16(17-4)18-6-5-7-21-11-14(3)10-19-21/h10-11,13,15H,5-9,12H2,1-4H3,(H,17,18). The van der Waals surface area contributed by atoms with Crippen molar-refractivity contribution in [3.63, 3.8) is 0 Å². The summed E-state index contributed by atoms with van der Waals surface area (Å²) < 4.78 is 2.01. The minimum absolute atomic E-state index is 0.708. The molecule has 2 rings (SSSR count). The summed E-state index contributed by atoms with van der Waals surface area (Å²) in [6.07, 6.45) is 5.05. The molecule has 1 N–H and O–H groups in total. The Morgan fingerprint density at radius 2 is 2.36 bits per heavy atom. The number of guanidine groups is 1. The highest BCUT2D eigenvalue weighted by atomic mass is 32.2. The van der Waals surface area contributed by atoms with Crippen LogP contribution in [0.1, 0.15) is 25.8 Å². The fraction of sp³-hybridized carbons (Fsp3) is 0.750. The van der Waals surface area contributed by atoms with Gasteiger partial charge in [-0.2, -0.15) is 16.9 Å². The van der Waals surface area contributed by atoms with Crippen LogP contribution in [-0.2, 0) is 6.54 Å². The van der Waals surface area contributed by atoms with Crippen molar-refractivity contribution in [1.29, 1.82) is 0 Å². The van der Waals surface area contributed by atoms with Gasteiger partial charge in [-0.1, -0.05) is 13.8 Å². The van der Waals surface area contributed by atoms with E-state index >= 15 is 0 Å². The predicted octanol–water partition coefficient (Wildman–Crippen LogP) is 2.23.